The van der Waals surface area contributed by atoms with E-state index in [-0.39, 0.29) is 6.61 Å². The van der Waals surface area contributed by atoms with Crippen molar-refractivity contribution in [3.63, 3.8) is 0 Å². The standard InChI is InChI=1S/C11H17NO3/c1-11(12,7-13)9-5-4-8(14-2)6-10(9)15-3/h4-6,13H,7,12H2,1-3H3. The molecule has 0 aliphatic heterocycles. The topological polar surface area (TPSA) is 64.7 Å². The number of methoxy groups -OCH3 is 2. The van der Waals surface area contributed by atoms with Crippen LogP contribution in [0.2, 0.25) is 0 Å². The summed E-state index contributed by atoms with van der Waals surface area (Å²) in [5.41, 5.74) is 5.88. The first-order valence-corrected chi connectivity index (χ1v) is 4.67. The minimum Gasteiger partial charge on any atom is -0.497 e. The number of hydrogen-bond donors (Lipinski definition) is 2. The third kappa shape index (κ3) is 2.40. The second-order valence-corrected chi connectivity index (χ2v) is 3.64. The third-order valence-corrected chi connectivity index (χ3v) is 2.35. The summed E-state index contributed by atoms with van der Waals surface area (Å²) in [6, 6.07) is 5.34. The van der Waals surface area contributed by atoms with Gasteiger partial charge >= 0.3 is 0 Å². The molecule has 1 aromatic rings. The van der Waals surface area contributed by atoms with Crippen LogP contribution in [0.25, 0.3) is 0 Å². The molecule has 0 heterocycles. The van der Waals surface area contributed by atoms with Crippen molar-refractivity contribution in [2.75, 3.05) is 20.8 Å². The van der Waals surface area contributed by atoms with Gasteiger partial charge in [0.05, 0.1) is 26.4 Å². The predicted octanol–water partition coefficient (Wildman–Crippen LogP) is 0.870. The van der Waals surface area contributed by atoms with Crippen LogP contribution in [0.4, 0.5) is 0 Å². The molecule has 0 spiro atoms. The van der Waals surface area contributed by atoms with Gasteiger partial charge in [0.2, 0.25) is 0 Å². The number of nitrogens with two attached hydrogens (primary N) is 1. The van der Waals surface area contributed by atoms with Gasteiger partial charge in [-0.2, -0.15) is 0 Å². The highest BCUT2D eigenvalue weighted by molar-refractivity contribution is 5.44. The lowest BCUT2D eigenvalue weighted by Crippen LogP contribution is -2.37. The summed E-state index contributed by atoms with van der Waals surface area (Å²) >= 11 is 0. The molecule has 0 aromatic heterocycles. The molecule has 0 amide bonds. The van der Waals surface area contributed by atoms with Gasteiger partial charge in [0.15, 0.2) is 0 Å². The van der Waals surface area contributed by atoms with Crippen molar-refractivity contribution < 1.29 is 14.6 Å². The van der Waals surface area contributed by atoms with Crippen LogP contribution in [0.3, 0.4) is 0 Å². The molecule has 0 aliphatic carbocycles. The quantitative estimate of drug-likeness (QED) is 0.775. The molecule has 0 fully saturated rings. The Morgan fingerprint density at radius 2 is 2.00 bits per heavy atom. The number of ether oxygens (including phenoxy) is 2. The van der Waals surface area contributed by atoms with E-state index in [0.717, 1.165) is 5.56 Å². The van der Waals surface area contributed by atoms with E-state index in [1.807, 2.05) is 0 Å². The van der Waals surface area contributed by atoms with Crippen LogP contribution in [-0.4, -0.2) is 25.9 Å². The highest BCUT2D eigenvalue weighted by Gasteiger charge is 2.24. The molecule has 0 aliphatic rings. The SMILES string of the molecule is COc1ccc(C(C)(N)CO)c(OC)c1. The second kappa shape index (κ2) is 4.51. The molecule has 0 radical (unpaired) electrons. The average molecular weight is 211 g/mol. The number of hydrogen-bond acceptors (Lipinski definition) is 4. The van der Waals surface area contributed by atoms with E-state index < -0.39 is 5.54 Å². The van der Waals surface area contributed by atoms with Crippen LogP contribution in [0.15, 0.2) is 18.2 Å². The van der Waals surface area contributed by atoms with Crippen LogP contribution in [0.5, 0.6) is 11.5 Å². The van der Waals surface area contributed by atoms with Gasteiger partial charge in [-0.1, -0.05) is 0 Å². The first kappa shape index (κ1) is 11.8. The molecule has 4 nitrogen and oxygen atoms in total. The highest BCUT2D eigenvalue weighted by Crippen LogP contribution is 2.31. The van der Waals surface area contributed by atoms with E-state index >= 15 is 0 Å². The number of aliphatic hydroxyl groups is 1. The van der Waals surface area contributed by atoms with Gasteiger partial charge < -0.3 is 20.3 Å². The zero-order chi connectivity index (χ0) is 11.5. The Balaban J connectivity index is 3.18. The lowest BCUT2D eigenvalue weighted by Gasteiger charge is -2.24. The zero-order valence-corrected chi connectivity index (χ0v) is 9.28. The van der Waals surface area contributed by atoms with Gasteiger partial charge in [-0.25, -0.2) is 0 Å². The fraction of sp³-hybridized carbons (Fsp3) is 0.455. The van der Waals surface area contributed by atoms with Crippen molar-refractivity contribution in [2.24, 2.45) is 5.73 Å². The molecule has 3 N–H and O–H groups in total. The van der Waals surface area contributed by atoms with Gasteiger partial charge in [0.1, 0.15) is 11.5 Å². The lowest BCUT2D eigenvalue weighted by molar-refractivity contribution is 0.206. The normalized spacial score (nSPS) is 14.5. The summed E-state index contributed by atoms with van der Waals surface area (Å²) in [4.78, 5) is 0. The Morgan fingerprint density at radius 3 is 2.47 bits per heavy atom. The molecule has 1 atom stereocenters. The summed E-state index contributed by atoms with van der Waals surface area (Å²) in [7, 11) is 3.15. The Kier molecular flexibility index (Phi) is 3.55. The van der Waals surface area contributed by atoms with Crippen molar-refractivity contribution in [1.29, 1.82) is 0 Å². The molecular weight excluding hydrogens is 194 g/mol. The van der Waals surface area contributed by atoms with E-state index in [0.29, 0.717) is 11.5 Å². The van der Waals surface area contributed by atoms with E-state index in [9.17, 15) is 5.11 Å². The third-order valence-electron chi connectivity index (χ3n) is 2.35. The fourth-order valence-corrected chi connectivity index (χ4v) is 1.36. The zero-order valence-electron chi connectivity index (χ0n) is 9.28. The Hall–Kier alpha value is -1.26. The minimum atomic E-state index is -0.808. The summed E-state index contributed by atoms with van der Waals surface area (Å²) in [6.45, 7) is 1.60. The summed E-state index contributed by atoms with van der Waals surface area (Å²) < 4.78 is 10.3. The fourth-order valence-electron chi connectivity index (χ4n) is 1.36. The van der Waals surface area contributed by atoms with Crippen LogP contribution < -0.4 is 15.2 Å². The smallest absolute Gasteiger partial charge is 0.127 e. The first-order valence-electron chi connectivity index (χ1n) is 4.67. The van der Waals surface area contributed by atoms with Gasteiger partial charge in [-0.05, 0) is 19.1 Å². The largest absolute Gasteiger partial charge is 0.497 e. The summed E-state index contributed by atoms with van der Waals surface area (Å²) in [5, 5.41) is 9.18. The Morgan fingerprint density at radius 1 is 1.33 bits per heavy atom. The van der Waals surface area contributed by atoms with Crippen molar-refractivity contribution >= 4 is 0 Å². The number of rotatable bonds is 4. The number of aliphatic hydroxyl groups excluding tert-OH is 1. The van der Waals surface area contributed by atoms with Crippen molar-refractivity contribution in [1.82, 2.24) is 0 Å². The van der Waals surface area contributed by atoms with Gasteiger partial charge in [-0.15, -0.1) is 0 Å². The number of benzene rings is 1. The van der Waals surface area contributed by atoms with Gasteiger partial charge in [0, 0.05) is 11.6 Å². The van der Waals surface area contributed by atoms with Gasteiger partial charge in [-0.3, -0.25) is 0 Å². The predicted molar refractivity (Wildman–Crippen MR) is 58.2 cm³/mol. The van der Waals surface area contributed by atoms with Crippen molar-refractivity contribution in [3.8, 4) is 11.5 Å². The van der Waals surface area contributed by atoms with E-state index in [1.54, 1.807) is 39.3 Å². The van der Waals surface area contributed by atoms with Crippen molar-refractivity contribution in [2.45, 2.75) is 12.5 Å². The second-order valence-electron chi connectivity index (χ2n) is 3.64. The van der Waals surface area contributed by atoms with E-state index in [4.69, 9.17) is 15.2 Å². The molecule has 1 aromatic carbocycles. The van der Waals surface area contributed by atoms with E-state index in [1.165, 1.54) is 0 Å². The van der Waals surface area contributed by atoms with Crippen LogP contribution >= 0.6 is 0 Å². The molecule has 1 unspecified atom stereocenters. The van der Waals surface area contributed by atoms with Crippen molar-refractivity contribution in [3.05, 3.63) is 23.8 Å². The van der Waals surface area contributed by atoms with Gasteiger partial charge in [0.25, 0.3) is 0 Å². The minimum absolute atomic E-state index is 0.143. The van der Waals surface area contributed by atoms with E-state index in [2.05, 4.69) is 0 Å². The molecule has 0 bridgehead atoms. The highest BCUT2D eigenvalue weighted by atomic mass is 16.5. The maximum atomic E-state index is 9.18. The Labute approximate surface area is 89.6 Å². The average Bonchev–Trinajstić information content (AvgIpc) is 2.28. The molecule has 84 valence electrons. The Bertz CT molecular complexity index is 337. The maximum Gasteiger partial charge on any atom is 0.127 e. The van der Waals surface area contributed by atoms with Crippen LogP contribution in [-0.2, 0) is 5.54 Å². The summed E-state index contributed by atoms with van der Waals surface area (Å²) in [6.07, 6.45) is 0. The van der Waals surface area contributed by atoms with Crippen LogP contribution in [0, 0.1) is 0 Å². The molecule has 15 heavy (non-hydrogen) atoms. The first-order chi connectivity index (χ1) is 7.05. The van der Waals surface area contributed by atoms with Crippen LogP contribution in [0.1, 0.15) is 12.5 Å². The molecule has 0 saturated heterocycles. The monoisotopic (exact) mass is 211 g/mol. The maximum absolute atomic E-state index is 9.18. The molecular formula is C11H17NO3. The molecule has 4 heteroatoms. The molecule has 0 saturated carbocycles. The lowest BCUT2D eigenvalue weighted by atomic mass is 9.93. The molecule has 1 rings (SSSR count). The summed E-state index contributed by atoms with van der Waals surface area (Å²) in [5.74, 6) is 1.32.